The number of aryl methyl sites for hydroxylation is 1. The molecule has 6 heteroatoms. The second kappa shape index (κ2) is 7.11. The smallest absolute Gasteiger partial charge is 0.308 e. The minimum absolute atomic E-state index is 0.133. The number of piperidine rings is 1. The van der Waals surface area contributed by atoms with Crippen LogP contribution in [0.25, 0.3) is 16.7 Å². The van der Waals surface area contributed by atoms with Gasteiger partial charge in [-0.05, 0) is 49.6 Å². The van der Waals surface area contributed by atoms with Crippen molar-refractivity contribution in [1.29, 1.82) is 0 Å². The third-order valence-corrected chi connectivity index (χ3v) is 5.38. The van der Waals surface area contributed by atoms with Gasteiger partial charge >= 0.3 is 5.97 Å². The Morgan fingerprint density at radius 3 is 2.57 bits per heavy atom. The minimum Gasteiger partial charge on any atom is -0.481 e. The van der Waals surface area contributed by atoms with Gasteiger partial charge in [0.15, 0.2) is 0 Å². The number of hydrogen-bond donors (Lipinski definition) is 1. The van der Waals surface area contributed by atoms with Gasteiger partial charge in [-0.25, -0.2) is 4.98 Å². The van der Waals surface area contributed by atoms with Crippen LogP contribution in [0.5, 0.6) is 0 Å². The average Bonchev–Trinajstić information content (AvgIpc) is 3.02. The monoisotopic (exact) mass is 377 g/mol. The Morgan fingerprint density at radius 1 is 1.11 bits per heavy atom. The predicted molar refractivity (Wildman–Crippen MR) is 107 cm³/mol. The third kappa shape index (κ3) is 3.26. The number of aromatic nitrogens is 2. The Labute approximate surface area is 163 Å². The van der Waals surface area contributed by atoms with Crippen LogP contribution < -0.4 is 0 Å². The van der Waals surface area contributed by atoms with Crippen LogP contribution in [0.4, 0.5) is 0 Å². The highest BCUT2D eigenvalue weighted by Gasteiger charge is 2.32. The van der Waals surface area contributed by atoms with Crippen molar-refractivity contribution in [2.45, 2.75) is 20.3 Å². The van der Waals surface area contributed by atoms with Gasteiger partial charge in [0.2, 0.25) is 0 Å². The van der Waals surface area contributed by atoms with Gasteiger partial charge in [-0.2, -0.15) is 0 Å². The van der Waals surface area contributed by atoms with Crippen LogP contribution in [0.15, 0.2) is 48.5 Å². The van der Waals surface area contributed by atoms with Crippen molar-refractivity contribution in [2.75, 3.05) is 13.1 Å². The first-order chi connectivity index (χ1) is 13.4. The van der Waals surface area contributed by atoms with Crippen LogP contribution in [-0.4, -0.2) is 44.5 Å². The molecule has 4 rings (SSSR count). The van der Waals surface area contributed by atoms with Gasteiger partial charge in [-0.3, -0.25) is 14.2 Å². The molecule has 2 aromatic carbocycles. The number of benzene rings is 2. The van der Waals surface area contributed by atoms with Crippen molar-refractivity contribution in [1.82, 2.24) is 14.5 Å². The van der Waals surface area contributed by atoms with Gasteiger partial charge < -0.3 is 10.0 Å². The fourth-order valence-electron chi connectivity index (χ4n) is 4.12. The lowest BCUT2D eigenvalue weighted by Crippen LogP contribution is -2.45. The molecule has 6 nitrogen and oxygen atoms in total. The first kappa shape index (κ1) is 18.2. The van der Waals surface area contributed by atoms with Crippen molar-refractivity contribution in [2.24, 2.45) is 11.8 Å². The molecule has 1 N–H and O–H groups in total. The molecule has 1 saturated heterocycles. The highest BCUT2D eigenvalue weighted by molar-refractivity contribution is 5.98. The van der Waals surface area contributed by atoms with E-state index in [1.54, 1.807) is 17.0 Å². The standard InChI is InChI=1S/C22H23N3O3/c1-14-10-17(22(27)28)13-24(12-14)21(26)16-8-9-20-19(11-16)23-15(2)25(20)18-6-4-3-5-7-18/h3-9,11,14,17H,10,12-13H2,1-2H3,(H,27,28). The lowest BCUT2D eigenvalue weighted by molar-refractivity contribution is -0.143. The molecule has 144 valence electrons. The van der Waals surface area contributed by atoms with Crippen molar-refractivity contribution in [3.63, 3.8) is 0 Å². The topological polar surface area (TPSA) is 75.4 Å². The number of rotatable bonds is 3. The molecule has 2 atom stereocenters. The van der Waals surface area contributed by atoms with Crippen molar-refractivity contribution in [3.05, 3.63) is 59.9 Å². The normalized spacial score (nSPS) is 19.7. The highest BCUT2D eigenvalue weighted by atomic mass is 16.4. The average molecular weight is 377 g/mol. The van der Waals surface area contributed by atoms with E-state index >= 15 is 0 Å². The summed E-state index contributed by atoms with van der Waals surface area (Å²) in [5.41, 5.74) is 3.27. The summed E-state index contributed by atoms with van der Waals surface area (Å²) in [4.78, 5) is 30.7. The Kier molecular flexibility index (Phi) is 4.63. The molecular formula is C22H23N3O3. The fourth-order valence-corrected chi connectivity index (χ4v) is 4.12. The zero-order chi connectivity index (χ0) is 19.8. The van der Waals surface area contributed by atoms with Crippen LogP contribution in [0.1, 0.15) is 29.5 Å². The lowest BCUT2D eigenvalue weighted by Gasteiger charge is -2.34. The first-order valence-electron chi connectivity index (χ1n) is 9.50. The maximum Gasteiger partial charge on any atom is 0.308 e. The van der Waals surface area contributed by atoms with E-state index in [1.165, 1.54) is 0 Å². The molecule has 1 amide bonds. The summed E-state index contributed by atoms with van der Waals surface area (Å²) in [7, 11) is 0. The molecule has 1 fully saturated rings. The van der Waals surface area contributed by atoms with Crippen molar-refractivity contribution >= 4 is 22.9 Å². The summed E-state index contributed by atoms with van der Waals surface area (Å²) in [6.45, 7) is 4.77. The summed E-state index contributed by atoms with van der Waals surface area (Å²) in [5.74, 6) is -0.454. The zero-order valence-corrected chi connectivity index (χ0v) is 16.0. The number of hydrogen-bond acceptors (Lipinski definition) is 3. The van der Waals surface area contributed by atoms with Gasteiger partial charge in [-0.1, -0.05) is 25.1 Å². The summed E-state index contributed by atoms with van der Waals surface area (Å²) < 4.78 is 2.06. The quantitative estimate of drug-likeness (QED) is 0.758. The van der Waals surface area contributed by atoms with Crippen LogP contribution in [-0.2, 0) is 4.79 Å². The Hall–Kier alpha value is -3.15. The molecule has 3 aromatic rings. The first-order valence-corrected chi connectivity index (χ1v) is 9.50. The largest absolute Gasteiger partial charge is 0.481 e. The number of amides is 1. The minimum atomic E-state index is -0.836. The maximum absolute atomic E-state index is 13.0. The van der Waals surface area contributed by atoms with Crippen LogP contribution in [0.2, 0.25) is 0 Å². The van der Waals surface area contributed by atoms with Crippen molar-refractivity contribution in [3.8, 4) is 5.69 Å². The number of fused-ring (bicyclic) bond motifs is 1. The Bertz CT molecular complexity index is 1040. The molecule has 0 bridgehead atoms. The predicted octanol–water partition coefficient (Wildman–Crippen LogP) is 3.52. The molecule has 0 radical (unpaired) electrons. The van der Waals surface area contributed by atoms with Crippen LogP contribution in [0, 0.1) is 18.8 Å². The number of imidazole rings is 1. The van der Waals surface area contributed by atoms with E-state index in [-0.39, 0.29) is 18.4 Å². The summed E-state index contributed by atoms with van der Waals surface area (Å²) in [6, 6.07) is 15.5. The molecule has 0 saturated carbocycles. The molecular weight excluding hydrogens is 354 g/mol. The molecule has 28 heavy (non-hydrogen) atoms. The second-order valence-electron chi connectivity index (χ2n) is 7.62. The van der Waals surface area contributed by atoms with Crippen molar-refractivity contribution < 1.29 is 14.7 Å². The van der Waals surface area contributed by atoms with E-state index in [0.717, 1.165) is 22.5 Å². The van der Waals surface area contributed by atoms with E-state index in [1.807, 2.05) is 50.2 Å². The van der Waals surface area contributed by atoms with Gasteiger partial charge in [0.25, 0.3) is 5.91 Å². The second-order valence-corrected chi connectivity index (χ2v) is 7.62. The summed E-state index contributed by atoms with van der Waals surface area (Å²) in [5, 5.41) is 9.36. The SMILES string of the molecule is Cc1nc2cc(C(=O)N3CC(C)CC(C(=O)O)C3)ccc2n1-c1ccccc1. The number of likely N-dealkylation sites (tertiary alicyclic amines) is 1. The van der Waals surface area contributed by atoms with E-state index in [2.05, 4.69) is 9.55 Å². The molecule has 0 aliphatic carbocycles. The van der Waals surface area contributed by atoms with Crippen LogP contribution in [0.3, 0.4) is 0 Å². The maximum atomic E-state index is 13.0. The molecule has 0 spiro atoms. The van der Waals surface area contributed by atoms with Crippen LogP contribution >= 0.6 is 0 Å². The number of nitrogens with zero attached hydrogens (tertiary/aromatic N) is 3. The van der Waals surface area contributed by atoms with E-state index < -0.39 is 11.9 Å². The zero-order valence-electron chi connectivity index (χ0n) is 16.0. The Balaban J connectivity index is 1.67. The summed E-state index contributed by atoms with van der Waals surface area (Å²) in [6.07, 6.45) is 0.610. The Morgan fingerprint density at radius 2 is 1.86 bits per heavy atom. The fraction of sp³-hybridized carbons (Fsp3) is 0.318. The third-order valence-electron chi connectivity index (χ3n) is 5.38. The number of para-hydroxylation sites is 1. The van der Waals surface area contributed by atoms with Gasteiger partial charge in [0.1, 0.15) is 5.82 Å². The molecule has 2 heterocycles. The number of carbonyl (C=O) groups is 2. The number of carbonyl (C=O) groups excluding carboxylic acids is 1. The highest BCUT2D eigenvalue weighted by Crippen LogP contribution is 2.26. The van der Waals surface area contributed by atoms with Gasteiger partial charge in [0.05, 0.1) is 17.0 Å². The van der Waals surface area contributed by atoms with Gasteiger partial charge in [0, 0.05) is 24.3 Å². The van der Waals surface area contributed by atoms with E-state index in [4.69, 9.17) is 0 Å². The number of carboxylic acid groups (broad SMARTS) is 1. The molecule has 1 aliphatic heterocycles. The molecule has 1 aliphatic rings. The van der Waals surface area contributed by atoms with E-state index in [0.29, 0.717) is 18.5 Å². The molecule has 1 aromatic heterocycles. The number of carboxylic acids is 1. The number of aliphatic carboxylic acids is 1. The summed E-state index contributed by atoms with van der Waals surface area (Å²) >= 11 is 0. The molecule has 2 unspecified atom stereocenters. The van der Waals surface area contributed by atoms with E-state index in [9.17, 15) is 14.7 Å². The van der Waals surface area contributed by atoms with Gasteiger partial charge in [-0.15, -0.1) is 0 Å². The lowest BCUT2D eigenvalue weighted by atomic mass is 9.90.